The van der Waals surface area contributed by atoms with Crippen LogP contribution in [0.2, 0.25) is 0 Å². The van der Waals surface area contributed by atoms with Gasteiger partial charge in [0.1, 0.15) is 23.8 Å². The van der Waals surface area contributed by atoms with Crippen LogP contribution in [0.3, 0.4) is 0 Å². The number of nitrogens with one attached hydrogen (secondary N) is 2. The normalized spacial score (nSPS) is 10.3. The van der Waals surface area contributed by atoms with E-state index in [0.717, 1.165) is 0 Å². The van der Waals surface area contributed by atoms with E-state index >= 15 is 0 Å². The fourth-order valence-electron chi connectivity index (χ4n) is 2.19. The van der Waals surface area contributed by atoms with Crippen molar-refractivity contribution in [1.29, 1.82) is 0 Å². The SMILES string of the molecule is O=C(O)c1ccc(Nc2cc(NCc3ccccc3F)ncn2)cc1. The second kappa shape index (κ2) is 7.39. The maximum Gasteiger partial charge on any atom is 0.335 e. The highest BCUT2D eigenvalue weighted by molar-refractivity contribution is 5.88. The average molecular weight is 338 g/mol. The Labute approximate surface area is 143 Å². The Balaban J connectivity index is 1.67. The van der Waals surface area contributed by atoms with Gasteiger partial charge in [0.15, 0.2) is 0 Å². The van der Waals surface area contributed by atoms with Gasteiger partial charge >= 0.3 is 5.97 Å². The summed E-state index contributed by atoms with van der Waals surface area (Å²) in [5, 5.41) is 15.0. The minimum Gasteiger partial charge on any atom is -0.478 e. The van der Waals surface area contributed by atoms with Gasteiger partial charge in [0, 0.05) is 23.9 Å². The van der Waals surface area contributed by atoms with Gasteiger partial charge in [0.05, 0.1) is 5.56 Å². The van der Waals surface area contributed by atoms with E-state index in [2.05, 4.69) is 20.6 Å². The molecule has 0 saturated heterocycles. The van der Waals surface area contributed by atoms with Crippen molar-refractivity contribution in [2.45, 2.75) is 6.54 Å². The summed E-state index contributed by atoms with van der Waals surface area (Å²) in [6.45, 7) is 0.302. The first-order valence-electron chi connectivity index (χ1n) is 7.51. The van der Waals surface area contributed by atoms with Crippen LogP contribution in [0.4, 0.5) is 21.7 Å². The smallest absolute Gasteiger partial charge is 0.335 e. The molecular formula is C18H15FN4O2. The van der Waals surface area contributed by atoms with E-state index in [4.69, 9.17) is 5.11 Å². The first-order chi connectivity index (χ1) is 12.1. The molecule has 2 aromatic carbocycles. The van der Waals surface area contributed by atoms with Gasteiger partial charge in [0.2, 0.25) is 0 Å². The van der Waals surface area contributed by atoms with Crippen molar-refractivity contribution in [3.8, 4) is 0 Å². The molecule has 0 aliphatic carbocycles. The number of carboxylic acids is 1. The van der Waals surface area contributed by atoms with E-state index in [0.29, 0.717) is 29.4 Å². The van der Waals surface area contributed by atoms with Crippen LogP contribution in [0.15, 0.2) is 60.9 Å². The lowest BCUT2D eigenvalue weighted by molar-refractivity contribution is 0.0697. The number of aromatic carboxylic acids is 1. The summed E-state index contributed by atoms with van der Waals surface area (Å²) in [5.41, 5.74) is 1.45. The summed E-state index contributed by atoms with van der Waals surface area (Å²) in [4.78, 5) is 19.1. The van der Waals surface area contributed by atoms with Gasteiger partial charge in [-0.2, -0.15) is 0 Å². The highest BCUT2D eigenvalue weighted by Crippen LogP contribution is 2.17. The van der Waals surface area contributed by atoms with Crippen molar-refractivity contribution >= 4 is 23.3 Å². The van der Waals surface area contributed by atoms with Crippen LogP contribution in [0, 0.1) is 5.82 Å². The third-order valence-electron chi connectivity index (χ3n) is 3.49. The zero-order chi connectivity index (χ0) is 17.6. The van der Waals surface area contributed by atoms with Crippen LogP contribution in [-0.4, -0.2) is 21.0 Å². The number of carboxylic acid groups (broad SMARTS) is 1. The monoisotopic (exact) mass is 338 g/mol. The highest BCUT2D eigenvalue weighted by Gasteiger charge is 2.04. The number of carbonyl (C=O) groups is 1. The third-order valence-corrected chi connectivity index (χ3v) is 3.49. The molecule has 0 amide bonds. The number of anilines is 3. The Morgan fingerprint density at radius 3 is 2.48 bits per heavy atom. The molecule has 6 nitrogen and oxygen atoms in total. The number of hydrogen-bond donors (Lipinski definition) is 3. The summed E-state index contributed by atoms with van der Waals surface area (Å²) in [5.74, 6) is -0.175. The number of benzene rings is 2. The van der Waals surface area contributed by atoms with Gasteiger partial charge in [0.25, 0.3) is 0 Å². The van der Waals surface area contributed by atoms with E-state index in [1.165, 1.54) is 24.5 Å². The quantitative estimate of drug-likeness (QED) is 0.636. The van der Waals surface area contributed by atoms with E-state index in [9.17, 15) is 9.18 Å². The average Bonchev–Trinajstić information content (AvgIpc) is 2.62. The number of rotatable bonds is 6. The summed E-state index contributed by atoms with van der Waals surface area (Å²) < 4.78 is 13.6. The zero-order valence-electron chi connectivity index (χ0n) is 13.1. The molecule has 7 heteroatoms. The molecule has 3 rings (SSSR count). The molecule has 126 valence electrons. The van der Waals surface area contributed by atoms with Crippen molar-refractivity contribution in [3.05, 3.63) is 77.9 Å². The fraction of sp³-hybridized carbons (Fsp3) is 0.0556. The molecule has 25 heavy (non-hydrogen) atoms. The molecule has 3 aromatic rings. The van der Waals surface area contributed by atoms with Gasteiger partial charge in [-0.1, -0.05) is 18.2 Å². The molecule has 0 radical (unpaired) electrons. The minimum absolute atomic E-state index is 0.209. The highest BCUT2D eigenvalue weighted by atomic mass is 19.1. The van der Waals surface area contributed by atoms with Gasteiger partial charge in [-0.3, -0.25) is 0 Å². The van der Waals surface area contributed by atoms with Gasteiger partial charge in [-0.25, -0.2) is 19.2 Å². The zero-order valence-corrected chi connectivity index (χ0v) is 13.1. The third kappa shape index (κ3) is 4.29. The maximum absolute atomic E-state index is 13.6. The number of halogens is 1. The van der Waals surface area contributed by atoms with Crippen molar-refractivity contribution in [2.75, 3.05) is 10.6 Å². The van der Waals surface area contributed by atoms with Crippen molar-refractivity contribution in [1.82, 2.24) is 9.97 Å². The Kier molecular flexibility index (Phi) is 4.84. The van der Waals surface area contributed by atoms with Crippen LogP contribution < -0.4 is 10.6 Å². The van der Waals surface area contributed by atoms with E-state index in [1.807, 2.05) is 0 Å². The van der Waals surface area contributed by atoms with Crippen LogP contribution in [0.1, 0.15) is 15.9 Å². The van der Waals surface area contributed by atoms with E-state index < -0.39 is 5.97 Å². The molecule has 0 aliphatic rings. The molecule has 0 spiro atoms. The number of hydrogen-bond acceptors (Lipinski definition) is 5. The second-order valence-electron chi connectivity index (χ2n) is 5.24. The molecule has 0 aliphatic heterocycles. The van der Waals surface area contributed by atoms with E-state index in [-0.39, 0.29) is 11.4 Å². The fourth-order valence-corrected chi connectivity index (χ4v) is 2.19. The molecule has 0 bridgehead atoms. The molecule has 1 heterocycles. The number of nitrogens with zero attached hydrogens (tertiary/aromatic N) is 2. The second-order valence-corrected chi connectivity index (χ2v) is 5.24. The Morgan fingerprint density at radius 1 is 1.04 bits per heavy atom. The van der Waals surface area contributed by atoms with Crippen LogP contribution in [-0.2, 0) is 6.54 Å². The maximum atomic E-state index is 13.6. The molecule has 0 fully saturated rings. The Morgan fingerprint density at radius 2 is 1.76 bits per heavy atom. The lowest BCUT2D eigenvalue weighted by Crippen LogP contribution is -2.04. The predicted octanol–water partition coefficient (Wildman–Crippen LogP) is 3.67. The van der Waals surface area contributed by atoms with Crippen molar-refractivity contribution in [3.63, 3.8) is 0 Å². The number of aromatic nitrogens is 2. The van der Waals surface area contributed by atoms with Crippen molar-refractivity contribution in [2.24, 2.45) is 0 Å². The summed E-state index contributed by atoms with van der Waals surface area (Å²) in [6, 6.07) is 14.5. The van der Waals surface area contributed by atoms with Gasteiger partial charge < -0.3 is 15.7 Å². The van der Waals surface area contributed by atoms with Crippen LogP contribution in [0.25, 0.3) is 0 Å². The molecule has 0 unspecified atom stereocenters. The van der Waals surface area contributed by atoms with Crippen molar-refractivity contribution < 1.29 is 14.3 Å². The van der Waals surface area contributed by atoms with Gasteiger partial charge in [-0.05, 0) is 30.3 Å². The minimum atomic E-state index is -0.979. The first-order valence-corrected chi connectivity index (χ1v) is 7.51. The summed E-state index contributed by atoms with van der Waals surface area (Å²) in [6.07, 6.45) is 1.39. The largest absolute Gasteiger partial charge is 0.478 e. The lowest BCUT2D eigenvalue weighted by Gasteiger charge is -2.09. The molecule has 1 aromatic heterocycles. The first kappa shape index (κ1) is 16.4. The standard InChI is InChI=1S/C18H15FN4O2/c19-15-4-2-1-3-13(15)10-20-16-9-17(22-11-21-16)23-14-7-5-12(6-8-14)18(24)25/h1-9,11H,10H2,(H,24,25)(H2,20,21,22,23). The Hall–Kier alpha value is -3.48. The van der Waals surface area contributed by atoms with E-state index in [1.54, 1.807) is 36.4 Å². The van der Waals surface area contributed by atoms with Crippen LogP contribution in [0.5, 0.6) is 0 Å². The molecule has 0 atom stereocenters. The summed E-state index contributed by atoms with van der Waals surface area (Å²) >= 11 is 0. The topological polar surface area (TPSA) is 87.1 Å². The van der Waals surface area contributed by atoms with Crippen LogP contribution >= 0.6 is 0 Å². The molecule has 0 saturated carbocycles. The van der Waals surface area contributed by atoms with Gasteiger partial charge in [-0.15, -0.1) is 0 Å². The molecule has 3 N–H and O–H groups in total. The lowest BCUT2D eigenvalue weighted by atomic mass is 10.2. The molecular weight excluding hydrogens is 323 g/mol. The predicted molar refractivity (Wildman–Crippen MR) is 92.4 cm³/mol. The summed E-state index contributed by atoms with van der Waals surface area (Å²) in [7, 11) is 0. The Bertz CT molecular complexity index is 884.